The normalized spacial score (nSPS) is 15.9. The Balaban J connectivity index is 2.38. The highest BCUT2D eigenvalue weighted by molar-refractivity contribution is 5.74. The second-order valence-electron chi connectivity index (χ2n) is 3.87. The molecule has 1 heterocycles. The summed E-state index contributed by atoms with van der Waals surface area (Å²) in [5.41, 5.74) is 11.9. The van der Waals surface area contributed by atoms with Crippen LogP contribution >= 0.6 is 0 Å². The fourth-order valence-electron chi connectivity index (χ4n) is 1.81. The largest absolute Gasteiger partial charge is 0.467 e. The molecule has 5 nitrogen and oxygen atoms in total. The molecule has 1 aliphatic rings. The first-order valence-electron chi connectivity index (χ1n) is 5.14. The number of primary amides is 1. The van der Waals surface area contributed by atoms with Crippen molar-refractivity contribution in [1.29, 1.82) is 0 Å². The minimum Gasteiger partial charge on any atom is -0.467 e. The highest BCUT2D eigenvalue weighted by atomic mass is 19.1. The number of rotatable bonds is 3. The number of carbonyl (C=O) groups is 1. The van der Waals surface area contributed by atoms with Crippen molar-refractivity contribution in [3.05, 3.63) is 29.1 Å². The summed E-state index contributed by atoms with van der Waals surface area (Å²) in [5.74, 6) is -0.484. The third-order valence-electron chi connectivity index (χ3n) is 2.52. The van der Waals surface area contributed by atoms with E-state index in [4.69, 9.17) is 20.9 Å². The molecule has 2 rings (SSSR count). The summed E-state index contributed by atoms with van der Waals surface area (Å²) in [6, 6.07) is 1.92. The van der Waals surface area contributed by atoms with Crippen LogP contribution in [0.2, 0.25) is 0 Å². The van der Waals surface area contributed by atoms with Crippen LogP contribution in [0.15, 0.2) is 12.1 Å². The van der Waals surface area contributed by atoms with Crippen molar-refractivity contribution in [3.63, 3.8) is 0 Å². The van der Waals surface area contributed by atoms with Crippen LogP contribution < -0.4 is 16.2 Å². The quantitative estimate of drug-likeness (QED) is 0.808. The number of fused-ring (bicyclic) bond motifs is 1. The summed E-state index contributed by atoms with van der Waals surface area (Å²) in [4.78, 5) is 10.8. The molecule has 0 bridgehead atoms. The Labute approximate surface area is 97.5 Å². The van der Waals surface area contributed by atoms with Crippen LogP contribution in [0.3, 0.4) is 0 Å². The summed E-state index contributed by atoms with van der Waals surface area (Å²) in [6.45, 7) is 0.359. The Morgan fingerprint density at radius 2 is 2.29 bits per heavy atom. The molecule has 0 saturated heterocycles. The summed E-state index contributed by atoms with van der Waals surface area (Å²) >= 11 is 0. The zero-order valence-electron chi connectivity index (χ0n) is 9.11. The third-order valence-corrected chi connectivity index (χ3v) is 2.52. The fourth-order valence-corrected chi connectivity index (χ4v) is 1.81. The van der Waals surface area contributed by atoms with E-state index in [1.165, 1.54) is 12.1 Å². The predicted octanol–water partition coefficient (Wildman–Crippen LogP) is 0.567. The lowest BCUT2D eigenvalue weighted by Crippen LogP contribution is -2.23. The SMILES string of the molecule is NC(=O)CC(N)c1cc(F)cc2c1OCOC2. The van der Waals surface area contributed by atoms with Gasteiger partial charge in [-0.25, -0.2) is 4.39 Å². The maximum atomic E-state index is 13.4. The van der Waals surface area contributed by atoms with E-state index in [-0.39, 0.29) is 19.8 Å². The van der Waals surface area contributed by atoms with Crippen molar-refractivity contribution in [3.8, 4) is 5.75 Å². The molecular weight excluding hydrogens is 227 g/mol. The highest BCUT2D eigenvalue weighted by Crippen LogP contribution is 2.33. The number of carbonyl (C=O) groups excluding carboxylic acids is 1. The maximum absolute atomic E-state index is 13.4. The van der Waals surface area contributed by atoms with Gasteiger partial charge >= 0.3 is 0 Å². The molecule has 92 valence electrons. The number of halogens is 1. The zero-order chi connectivity index (χ0) is 12.4. The molecule has 0 fully saturated rings. The van der Waals surface area contributed by atoms with E-state index in [0.717, 1.165) is 0 Å². The minimum atomic E-state index is -0.671. The Kier molecular flexibility index (Phi) is 3.26. The number of hydrogen-bond donors (Lipinski definition) is 2. The monoisotopic (exact) mass is 240 g/mol. The van der Waals surface area contributed by atoms with Crippen LogP contribution in [0.1, 0.15) is 23.6 Å². The summed E-state index contributed by atoms with van der Waals surface area (Å²) < 4.78 is 23.7. The van der Waals surface area contributed by atoms with Crippen molar-refractivity contribution in [2.75, 3.05) is 6.79 Å². The van der Waals surface area contributed by atoms with Gasteiger partial charge in [0, 0.05) is 23.6 Å². The fraction of sp³-hybridized carbons (Fsp3) is 0.364. The minimum absolute atomic E-state index is 0.0554. The molecule has 0 spiro atoms. The van der Waals surface area contributed by atoms with Crippen molar-refractivity contribution in [2.45, 2.75) is 19.1 Å². The lowest BCUT2D eigenvalue weighted by Gasteiger charge is -2.23. The number of amides is 1. The van der Waals surface area contributed by atoms with Gasteiger partial charge in [0.15, 0.2) is 6.79 Å². The Morgan fingerprint density at radius 1 is 1.53 bits per heavy atom. The molecule has 0 aromatic heterocycles. The topological polar surface area (TPSA) is 87.6 Å². The van der Waals surface area contributed by atoms with E-state index in [1.807, 2.05) is 0 Å². The first-order chi connectivity index (χ1) is 8.08. The van der Waals surface area contributed by atoms with Gasteiger partial charge in [0.2, 0.25) is 5.91 Å². The molecule has 1 aromatic rings. The molecule has 1 unspecified atom stereocenters. The van der Waals surface area contributed by atoms with Crippen molar-refractivity contribution in [1.82, 2.24) is 0 Å². The van der Waals surface area contributed by atoms with Gasteiger partial charge < -0.3 is 20.9 Å². The predicted molar refractivity (Wildman–Crippen MR) is 57.4 cm³/mol. The van der Waals surface area contributed by atoms with Crippen LogP contribution in [0.5, 0.6) is 5.75 Å². The molecule has 1 aliphatic heterocycles. The van der Waals surface area contributed by atoms with Gasteiger partial charge in [-0.1, -0.05) is 0 Å². The molecule has 1 aromatic carbocycles. The van der Waals surface area contributed by atoms with E-state index in [2.05, 4.69) is 0 Å². The number of benzene rings is 1. The van der Waals surface area contributed by atoms with Gasteiger partial charge in [-0.2, -0.15) is 0 Å². The summed E-state index contributed by atoms with van der Waals surface area (Å²) in [7, 11) is 0. The lowest BCUT2D eigenvalue weighted by molar-refractivity contribution is -0.118. The Hall–Kier alpha value is -1.66. The second kappa shape index (κ2) is 4.68. The van der Waals surface area contributed by atoms with E-state index < -0.39 is 17.8 Å². The molecule has 17 heavy (non-hydrogen) atoms. The zero-order valence-corrected chi connectivity index (χ0v) is 9.11. The Bertz CT molecular complexity index is 451. The standard InChI is InChI=1S/C11H13FN2O3/c12-7-1-6-4-16-5-17-11(6)8(2-7)9(13)3-10(14)15/h1-2,9H,3-5,13H2,(H2,14,15). The van der Waals surface area contributed by atoms with Crippen molar-refractivity contribution < 1.29 is 18.7 Å². The third kappa shape index (κ3) is 2.54. The van der Waals surface area contributed by atoms with E-state index in [0.29, 0.717) is 16.9 Å². The summed E-state index contributed by atoms with van der Waals surface area (Å²) in [5, 5.41) is 0. The molecule has 0 saturated carbocycles. The molecule has 0 aliphatic carbocycles. The average Bonchev–Trinajstić information content (AvgIpc) is 2.26. The van der Waals surface area contributed by atoms with Crippen LogP contribution in [0.4, 0.5) is 4.39 Å². The van der Waals surface area contributed by atoms with Crippen LogP contribution in [0, 0.1) is 5.82 Å². The molecular formula is C11H13FN2O3. The molecule has 6 heteroatoms. The molecule has 1 amide bonds. The number of nitrogens with two attached hydrogens (primary N) is 2. The molecule has 1 atom stereocenters. The van der Waals surface area contributed by atoms with Crippen LogP contribution in [-0.4, -0.2) is 12.7 Å². The lowest BCUT2D eigenvalue weighted by atomic mass is 9.99. The van der Waals surface area contributed by atoms with Crippen LogP contribution in [-0.2, 0) is 16.1 Å². The summed E-state index contributed by atoms with van der Waals surface area (Å²) in [6.07, 6.45) is -0.0554. The first-order valence-corrected chi connectivity index (χ1v) is 5.14. The van der Waals surface area contributed by atoms with Gasteiger partial charge in [0.1, 0.15) is 11.6 Å². The molecule has 0 radical (unpaired) electrons. The van der Waals surface area contributed by atoms with Gasteiger partial charge in [0.05, 0.1) is 6.61 Å². The van der Waals surface area contributed by atoms with Gasteiger partial charge in [-0.05, 0) is 12.1 Å². The van der Waals surface area contributed by atoms with Gasteiger partial charge in [0.25, 0.3) is 0 Å². The second-order valence-corrected chi connectivity index (χ2v) is 3.87. The number of ether oxygens (including phenoxy) is 2. The number of hydrogen-bond acceptors (Lipinski definition) is 4. The smallest absolute Gasteiger partial charge is 0.219 e. The molecule has 4 N–H and O–H groups in total. The van der Waals surface area contributed by atoms with E-state index in [9.17, 15) is 9.18 Å². The van der Waals surface area contributed by atoms with E-state index in [1.54, 1.807) is 0 Å². The van der Waals surface area contributed by atoms with Gasteiger partial charge in [-0.3, -0.25) is 4.79 Å². The average molecular weight is 240 g/mol. The Morgan fingerprint density at radius 3 is 3.00 bits per heavy atom. The first kappa shape index (κ1) is 11.8. The van der Waals surface area contributed by atoms with Crippen molar-refractivity contribution in [2.24, 2.45) is 11.5 Å². The van der Waals surface area contributed by atoms with Gasteiger partial charge in [-0.15, -0.1) is 0 Å². The maximum Gasteiger partial charge on any atom is 0.219 e. The van der Waals surface area contributed by atoms with Crippen molar-refractivity contribution >= 4 is 5.91 Å². The van der Waals surface area contributed by atoms with Crippen LogP contribution in [0.25, 0.3) is 0 Å². The highest BCUT2D eigenvalue weighted by Gasteiger charge is 2.21. The van der Waals surface area contributed by atoms with E-state index >= 15 is 0 Å².